The number of hydrogen-bond acceptors (Lipinski definition) is 2. The average Bonchev–Trinajstić information content (AvgIpc) is 2.95. The van der Waals surface area contributed by atoms with E-state index in [2.05, 4.69) is 13.0 Å². The molecule has 1 aromatic rings. The molecule has 0 aliphatic carbocycles. The molecule has 1 unspecified atom stereocenters. The van der Waals surface area contributed by atoms with Crippen LogP contribution in [-0.4, -0.2) is 19.3 Å². The zero-order valence-electron chi connectivity index (χ0n) is 9.05. The maximum atomic E-state index is 6.04. The van der Waals surface area contributed by atoms with Gasteiger partial charge in [0.25, 0.3) is 0 Å². The molecule has 0 spiro atoms. The van der Waals surface area contributed by atoms with Crippen LogP contribution in [0.4, 0.5) is 0 Å². The summed E-state index contributed by atoms with van der Waals surface area (Å²) in [6.07, 6.45) is 2.05. The van der Waals surface area contributed by atoms with Gasteiger partial charge in [0.1, 0.15) is 5.75 Å². The molecule has 0 radical (unpaired) electrons. The Labute approximate surface area is 95.1 Å². The number of halogens is 1. The topological polar surface area (TPSA) is 21.8 Å². The summed E-state index contributed by atoms with van der Waals surface area (Å²) < 4.78 is 10.4. The highest BCUT2D eigenvalue weighted by molar-refractivity contribution is 6.32. The zero-order valence-corrected chi connectivity index (χ0v) is 9.80. The Morgan fingerprint density at radius 3 is 2.80 bits per heavy atom. The number of aryl methyl sites for hydroxylation is 1. The predicted molar refractivity (Wildman–Crippen MR) is 60.7 cm³/mol. The van der Waals surface area contributed by atoms with Gasteiger partial charge in [0, 0.05) is 0 Å². The van der Waals surface area contributed by atoms with Crippen molar-refractivity contribution in [3.05, 3.63) is 28.8 Å². The summed E-state index contributed by atoms with van der Waals surface area (Å²) in [7, 11) is 1.62. The van der Waals surface area contributed by atoms with Crippen LogP contribution in [0.1, 0.15) is 18.9 Å². The van der Waals surface area contributed by atoms with Crippen molar-refractivity contribution in [3.8, 4) is 5.75 Å². The van der Waals surface area contributed by atoms with Gasteiger partial charge >= 0.3 is 0 Å². The van der Waals surface area contributed by atoms with Crippen LogP contribution in [0.15, 0.2) is 18.2 Å². The Bertz CT molecular complexity index is 359. The molecule has 0 saturated carbocycles. The van der Waals surface area contributed by atoms with Gasteiger partial charge in [-0.25, -0.2) is 0 Å². The maximum Gasteiger partial charge on any atom is 0.137 e. The predicted octanol–water partition coefficient (Wildman–Crippen LogP) is 3.07. The number of hydrogen-bond donors (Lipinski definition) is 0. The van der Waals surface area contributed by atoms with Crippen molar-refractivity contribution < 1.29 is 9.47 Å². The van der Waals surface area contributed by atoms with Gasteiger partial charge in [-0.2, -0.15) is 0 Å². The molecule has 1 fully saturated rings. The SMILES string of the molecule is COc1ccc(CCC2(C)CO2)cc1Cl. The minimum Gasteiger partial charge on any atom is -0.495 e. The number of epoxide rings is 1. The molecule has 2 rings (SSSR count). The molecule has 0 bridgehead atoms. The molecule has 1 saturated heterocycles. The lowest BCUT2D eigenvalue weighted by atomic mass is 10.0. The first kappa shape index (κ1) is 10.8. The summed E-state index contributed by atoms with van der Waals surface area (Å²) >= 11 is 6.04. The van der Waals surface area contributed by atoms with Crippen LogP contribution in [-0.2, 0) is 11.2 Å². The minimum absolute atomic E-state index is 0.117. The molecule has 15 heavy (non-hydrogen) atoms. The van der Waals surface area contributed by atoms with Crippen LogP contribution in [0.3, 0.4) is 0 Å². The van der Waals surface area contributed by atoms with Crippen molar-refractivity contribution in [2.24, 2.45) is 0 Å². The summed E-state index contributed by atoms with van der Waals surface area (Å²) in [6, 6.07) is 5.93. The van der Waals surface area contributed by atoms with Crippen LogP contribution in [0.25, 0.3) is 0 Å². The number of rotatable bonds is 4. The fraction of sp³-hybridized carbons (Fsp3) is 0.500. The lowest BCUT2D eigenvalue weighted by molar-refractivity contribution is 0.309. The van der Waals surface area contributed by atoms with Crippen LogP contribution in [0, 0.1) is 0 Å². The Hall–Kier alpha value is -0.730. The van der Waals surface area contributed by atoms with Gasteiger partial charge in [-0.15, -0.1) is 0 Å². The smallest absolute Gasteiger partial charge is 0.137 e. The molecular weight excluding hydrogens is 212 g/mol. The highest BCUT2D eigenvalue weighted by atomic mass is 35.5. The molecule has 1 heterocycles. The molecule has 0 aromatic heterocycles. The highest BCUT2D eigenvalue weighted by Crippen LogP contribution is 2.32. The normalized spacial score (nSPS) is 23.9. The van der Waals surface area contributed by atoms with E-state index in [9.17, 15) is 0 Å². The maximum absolute atomic E-state index is 6.04. The van der Waals surface area contributed by atoms with E-state index in [0.29, 0.717) is 5.02 Å². The summed E-state index contributed by atoms with van der Waals surface area (Å²) in [4.78, 5) is 0. The molecule has 1 aromatic carbocycles. The first-order valence-electron chi connectivity index (χ1n) is 5.09. The lowest BCUT2D eigenvalue weighted by Crippen LogP contribution is -2.05. The second kappa shape index (κ2) is 4.03. The Morgan fingerprint density at radius 1 is 1.53 bits per heavy atom. The van der Waals surface area contributed by atoms with Crippen molar-refractivity contribution in [3.63, 3.8) is 0 Å². The van der Waals surface area contributed by atoms with E-state index in [1.165, 1.54) is 5.56 Å². The van der Waals surface area contributed by atoms with Gasteiger partial charge in [-0.3, -0.25) is 0 Å². The molecule has 0 amide bonds. The second-order valence-electron chi connectivity index (χ2n) is 4.21. The largest absolute Gasteiger partial charge is 0.495 e. The third kappa shape index (κ3) is 2.64. The van der Waals surface area contributed by atoms with Crippen molar-refractivity contribution in [1.29, 1.82) is 0 Å². The van der Waals surface area contributed by atoms with E-state index >= 15 is 0 Å². The summed E-state index contributed by atoms with van der Waals surface area (Å²) in [6.45, 7) is 3.02. The van der Waals surface area contributed by atoms with Crippen LogP contribution in [0.2, 0.25) is 5.02 Å². The molecule has 1 aliphatic rings. The van der Waals surface area contributed by atoms with Gasteiger partial charge in [0.2, 0.25) is 0 Å². The zero-order chi connectivity index (χ0) is 10.9. The van der Waals surface area contributed by atoms with E-state index in [-0.39, 0.29) is 5.60 Å². The minimum atomic E-state index is 0.117. The van der Waals surface area contributed by atoms with Crippen molar-refractivity contribution >= 4 is 11.6 Å². The standard InChI is InChI=1S/C12H15ClO2/c1-12(8-15-12)6-5-9-3-4-11(14-2)10(13)7-9/h3-4,7H,5-6,8H2,1-2H3. The first-order chi connectivity index (χ1) is 7.13. The number of ether oxygens (including phenoxy) is 2. The van der Waals surface area contributed by atoms with Gasteiger partial charge < -0.3 is 9.47 Å². The Balaban J connectivity index is 1.99. The first-order valence-corrected chi connectivity index (χ1v) is 5.47. The van der Waals surface area contributed by atoms with Crippen molar-refractivity contribution in [2.75, 3.05) is 13.7 Å². The second-order valence-corrected chi connectivity index (χ2v) is 4.61. The van der Waals surface area contributed by atoms with Crippen LogP contribution < -0.4 is 4.74 Å². The van der Waals surface area contributed by atoms with E-state index < -0.39 is 0 Å². The van der Waals surface area contributed by atoms with Crippen LogP contribution in [0.5, 0.6) is 5.75 Å². The molecule has 2 nitrogen and oxygen atoms in total. The quantitative estimate of drug-likeness (QED) is 0.736. The van der Waals surface area contributed by atoms with E-state index in [4.69, 9.17) is 21.1 Å². The monoisotopic (exact) mass is 226 g/mol. The third-order valence-electron chi connectivity index (χ3n) is 2.80. The van der Waals surface area contributed by atoms with Crippen LogP contribution >= 0.6 is 11.6 Å². The molecule has 1 aliphatic heterocycles. The summed E-state index contributed by atoms with van der Waals surface area (Å²) in [5, 5.41) is 0.678. The fourth-order valence-electron chi connectivity index (χ4n) is 1.54. The highest BCUT2D eigenvalue weighted by Gasteiger charge is 2.38. The molecule has 0 N–H and O–H groups in total. The molecular formula is C12H15ClO2. The van der Waals surface area contributed by atoms with Crippen molar-refractivity contribution in [2.45, 2.75) is 25.4 Å². The van der Waals surface area contributed by atoms with Gasteiger partial charge in [0.15, 0.2) is 0 Å². The summed E-state index contributed by atoms with van der Waals surface area (Å²) in [5.41, 5.74) is 1.35. The van der Waals surface area contributed by atoms with Gasteiger partial charge in [-0.1, -0.05) is 17.7 Å². The van der Waals surface area contributed by atoms with E-state index in [1.54, 1.807) is 7.11 Å². The Morgan fingerprint density at radius 2 is 2.27 bits per heavy atom. The van der Waals surface area contributed by atoms with Gasteiger partial charge in [0.05, 0.1) is 24.3 Å². The van der Waals surface area contributed by atoms with Gasteiger partial charge in [-0.05, 0) is 37.5 Å². The average molecular weight is 227 g/mol. The molecule has 1 atom stereocenters. The van der Waals surface area contributed by atoms with E-state index in [1.807, 2.05) is 12.1 Å². The third-order valence-corrected chi connectivity index (χ3v) is 3.09. The van der Waals surface area contributed by atoms with Crippen molar-refractivity contribution in [1.82, 2.24) is 0 Å². The summed E-state index contributed by atoms with van der Waals surface area (Å²) in [5.74, 6) is 0.731. The number of methoxy groups -OCH3 is 1. The molecule has 3 heteroatoms. The molecule has 82 valence electrons. The number of benzene rings is 1. The van der Waals surface area contributed by atoms with E-state index in [0.717, 1.165) is 25.2 Å². The lowest BCUT2D eigenvalue weighted by Gasteiger charge is -2.07. The fourth-order valence-corrected chi connectivity index (χ4v) is 1.82. The Kier molecular flexibility index (Phi) is 2.89.